The Morgan fingerprint density at radius 1 is 0.853 bits per heavy atom. The molecule has 3 aromatic carbocycles. The molecule has 172 valence electrons. The van der Waals surface area contributed by atoms with Gasteiger partial charge in [-0.2, -0.15) is 0 Å². The number of para-hydroxylation sites is 2. The van der Waals surface area contributed by atoms with Crippen LogP contribution in [0.15, 0.2) is 93.1 Å². The van der Waals surface area contributed by atoms with Crippen LogP contribution < -0.4 is 10.2 Å². The Morgan fingerprint density at radius 3 is 2.26 bits per heavy atom. The standard InChI is InChI=1S/C27H26N4O2S/c32-25(16-8-17-26-29-30-27(33-26)20-10-2-1-3-11-20)28-18-9-19-31-21-12-4-6-14-23(21)34-24-15-7-5-13-22(24)31/h1-7,10-15H,8-9,16-19H2,(H,28,32). The summed E-state index contributed by atoms with van der Waals surface area (Å²) in [4.78, 5) is 17.2. The van der Waals surface area contributed by atoms with E-state index in [4.69, 9.17) is 4.42 Å². The number of nitrogens with zero attached hydrogens (tertiary/aromatic N) is 3. The van der Waals surface area contributed by atoms with Gasteiger partial charge >= 0.3 is 0 Å². The monoisotopic (exact) mass is 470 g/mol. The number of aryl methyl sites for hydroxylation is 1. The second-order valence-corrected chi connectivity index (χ2v) is 9.20. The highest BCUT2D eigenvalue weighted by Gasteiger charge is 2.22. The number of hydrogen-bond acceptors (Lipinski definition) is 6. The molecule has 7 heteroatoms. The molecule has 0 fully saturated rings. The first kappa shape index (κ1) is 22.2. The molecule has 1 aliphatic rings. The highest BCUT2D eigenvalue weighted by Crippen LogP contribution is 2.47. The molecule has 0 saturated carbocycles. The highest BCUT2D eigenvalue weighted by molar-refractivity contribution is 7.99. The van der Waals surface area contributed by atoms with Gasteiger partial charge in [-0.3, -0.25) is 4.79 Å². The molecule has 0 atom stereocenters. The van der Waals surface area contributed by atoms with Crippen molar-refractivity contribution in [3.05, 3.63) is 84.8 Å². The molecule has 0 unspecified atom stereocenters. The molecule has 5 rings (SSSR count). The van der Waals surface area contributed by atoms with Gasteiger partial charge in [-0.1, -0.05) is 54.2 Å². The van der Waals surface area contributed by atoms with E-state index in [1.54, 1.807) is 0 Å². The number of aromatic nitrogens is 2. The summed E-state index contributed by atoms with van der Waals surface area (Å²) in [6, 6.07) is 26.7. The average Bonchev–Trinajstić information content (AvgIpc) is 3.35. The molecule has 2 heterocycles. The molecule has 34 heavy (non-hydrogen) atoms. The molecule has 4 aromatic rings. The van der Waals surface area contributed by atoms with E-state index in [0.717, 1.165) is 18.5 Å². The van der Waals surface area contributed by atoms with Crippen LogP contribution in [0.25, 0.3) is 11.5 Å². The van der Waals surface area contributed by atoms with Gasteiger partial charge in [0, 0.05) is 41.3 Å². The van der Waals surface area contributed by atoms with E-state index in [1.165, 1.54) is 21.2 Å². The van der Waals surface area contributed by atoms with Crippen LogP contribution in [0.2, 0.25) is 0 Å². The van der Waals surface area contributed by atoms with Crippen LogP contribution >= 0.6 is 11.8 Å². The van der Waals surface area contributed by atoms with Crippen molar-refractivity contribution >= 4 is 29.0 Å². The van der Waals surface area contributed by atoms with E-state index in [-0.39, 0.29) is 5.91 Å². The van der Waals surface area contributed by atoms with Gasteiger partial charge < -0.3 is 14.6 Å². The summed E-state index contributed by atoms with van der Waals surface area (Å²) in [6.07, 6.45) is 2.57. The molecule has 0 radical (unpaired) electrons. The molecular weight excluding hydrogens is 444 g/mol. The topological polar surface area (TPSA) is 71.3 Å². The van der Waals surface area contributed by atoms with Crippen LogP contribution in [-0.4, -0.2) is 29.2 Å². The van der Waals surface area contributed by atoms with Crippen molar-refractivity contribution in [3.8, 4) is 11.5 Å². The molecular formula is C27H26N4O2S. The maximum atomic E-state index is 12.3. The van der Waals surface area contributed by atoms with Crippen molar-refractivity contribution in [1.82, 2.24) is 15.5 Å². The average molecular weight is 471 g/mol. The Labute approximate surface area is 203 Å². The summed E-state index contributed by atoms with van der Waals surface area (Å²) >= 11 is 1.81. The number of fused-ring (bicyclic) bond motifs is 2. The Balaban J connectivity index is 1.07. The Bertz CT molecular complexity index is 1210. The molecule has 1 amide bonds. The van der Waals surface area contributed by atoms with Crippen molar-refractivity contribution in [3.63, 3.8) is 0 Å². The number of anilines is 2. The third-order valence-electron chi connectivity index (χ3n) is 5.69. The Kier molecular flexibility index (Phi) is 6.91. The second kappa shape index (κ2) is 10.6. The third-order valence-corrected chi connectivity index (χ3v) is 6.83. The van der Waals surface area contributed by atoms with E-state index >= 15 is 0 Å². The molecule has 1 aliphatic heterocycles. The smallest absolute Gasteiger partial charge is 0.247 e. The molecule has 0 saturated heterocycles. The summed E-state index contributed by atoms with van der Waals surface area (Å²) in [5.74, 6) is 1.13. The molecule has 0 spiro atoms. The van der Waals surface area contributed by atoms with Gasteiger partial charge in [-0.15, -0.1) is 10.2 Å². The summed E-state index contributed by atoms with van der Waals surface area (Å²) in [6.45, 7) is 1.49. The summed E-state index contributed by atoms with van der Waals surface area (Å²) in [5.41, 5.74) is 3.36. The SMILES string of the molecule is O=C(CCCc1nnc(-c2ccccc2)o1)NCCCN1c2ccccc2Sc2ccccc21. The first-order chi connectivity index (χ1) is 16.8. The molecule has 1 aromatic heterocycles. The van der Waals surface area contributed by atoms with Crippen molar-refractivity contribution < 1.29 is 9.21 Å². The summed E-state index contributed by atoms with van der Waals surface area (Å²) in [5, 5.41) is 11.2. The Morgan fingerprint density at radius 2 is 1.53 bits per heavy atom. The van der Waals surface area contributed by atoms with Gasteiger partial charge in [-0.05, 0) is 49.2 Å². The zero-order valence-corrected chi connectivity index (χ0v) is 19.6. The lowest BCUT2D eigenvalue weighted by atomic mass is 10.2. The lowest BCUT2D eigenvalue weighted by Crippen LogP contribution is -2.28. The van der Waals surface area contributed by atoms with E-state index < -0.39 is 0 Å². The normalized spacial score (nSPS) is 12.2. The zero-order valence-electron chi connectivity index (χ0n) is 18.8. The fourth-order valence-electron chi connectivity index (χ4n) is 4.03. The maximum Gasteiger partial charge on any atom is 0.247 e. The third kappa shape index (κ3) is 5.15. The quantitative estimate of drug-likeness (QED) is 0.309. The lowest BCUT2D eigenvalue weighted by Gasteiger charge is -2.32. The van der Waals surface area contributed by atoms with Crippen LogP contribution in [0, 0.1) is 0 Å². The fourth-order valence-corrected chi connectivity index (χ4v) is 5.12. The number of carbonyl (C=O) groups excluding carboxylic acids is 1. The van der Waals surface area contributed by atoms with Crippen LogP contribution in [0.4, 0.5) is 11.4 Å². The van der Waals surface area contributed by atoms with E-state index in [1.807, 2.05) is 42.1 Å². The van der Waals surface area contributed by atoms with Gasteiger partial charge in [0.25, 0.3) is 0 Å². The minimum absolute atomic E-state index is 0.0535. The van der Waals surface area contributed by atoms with Crippen LogP contribution in [0.3, 0.4) is 0 Å². The number of benzene rings is 3. The second-order valence-electron chi connectivity index (χ2n) is 8.11. The van der Waals surface area contributed by atoms with Crippen molar-refractivity contribution in [2.45, 2.75) is 35.5 Å². The molecule has 0 aliphatic carbocycles. The largest absolute Gasteiger partial charge is 0.421 e. The van der Waals surface area contributed by atoms with E-state index in [2.05, 4.69) is 68.9 Å². The van der Waals surface area contributed by atoms with Crippen LogP contribution in [0.1, 0.15) is 25.2 Å². The van der Waals surface area contributed by atoms with Crippen molar-refractivity contribution in [2.24, 2.45) is 0 Å². The molecule has 0 bridgehead atoms. The van der Waals surface area contributed by atoms with Gasteiger partial charge in [0.1, 0.15) is 0 Å². The van der Waals surface area contributed by atoms with Crippen molar-refractivity contribution in [1.29, 1.82) is 0 Å². The number of rotatable bonds is 9. The molecule has 6 nitrogen and oxygen atoms in total. The number of nitrogens with one attached hydrogen (secondary N) is 1. The van der Waals surface area contributed by atoms with E-state index in [0.29, 0.717) is 37.6 Å². The minimum atomic E-state index is 0.0535. The van der Waals surface area contributed by atoms with E-state index in [9.17, 15) is 4.79 Å². The van der Waals surface area contributed by atoms with Gasteiger partial charge in [-0.25, -0.2) is 0 Å². The number of amides is 1. The minimum Gasteiger partial charge on any atom is -0.421 e. The highest BCUT2D eigenvalue weighted by atomic mass is 32.2. The fraction of sp³-hybridized carbons (Fsp3) is 0.222. The zero-order chi connectivity index (χ0) is 23.2. The number of carbonyl (C=O) groups is 1. The number of hydrogen-bond donors (Lipinski definition) is 1. The van der Waals surface area contributed by atoms with Crippen LogP contribution in [0.5, 0.6) is 0 Å². The van der Waals surface area contributed by atoms with Gasteiger partial charge in [0.2, 0.25) is 17.7 Å². The Hall–Kier alpha value is -3.58. The first-order valence-corrected chi connectivity index (χ1v) is 12.4. The van der Waals surface area contributed by atoms with Gasteiger partial charge in [0.05, 0.1) is 11.4 Å². The molecule has 1 N–H and O–H groups in total. The maximum absolute atomic E-state index is 12.3. The van der Waals surface area contributed by atoms with Gasteiger partial charge in [0.15, 0.2) is 0 Å². The van der Waals surface area contributed by atoms with Crippen molar-refractivity contribution in [2.75, 3.05) is 18.0 Å². The van der Waals surface area contributed by atoms with Crippen LogP contribution in [-0.2, 0) is 11.2 Å². The summed E-state index contributed by atoms with van der Waals surface area (Å²) < 4.78 is 5.71. The predicted octanol–water partition coefficient (Wildman–Crippen LogP) is 5.87. The predicted molar refractivity (Wildman–Crippen MR) is 134 cm³/mol. The summed E-state index contributed by atoms with van der Waals surface area (Å²) in [7, 11) is 0. The first-order valence-electron chi connectivity index (χ1n) is 11.6. The lowest BCUT2D eigenvalue weighted by molar-refractivity contribution is -0.121.